The number of allylic oxidation sites excluding steroid dienone is 3. The van der Waals surface area contributed by atoms with Gasteiger partial charge in [0, 0.05) is 7.11 Å². The van der Waals surface area contributed by atoms with Crippen molar-refractivity contribution in [3.05, 3.63) is 23.3 Å². The van der Waals surface area contributed by atoms with Crippen LogP contribution in [0.2, 0.25) is 0 Å². The van der Waals surface area contributed by atoms with Crippen molar-refractivity contribution in [3.8, 4) is 0 Å². The summed E-state index contributed by atoms with van der Waals surface area (Å²) < 4.78 is 17.2. The maximum atomic E-state index is 6.04. The van der Waals surface area contributed by atoms with Gasteiger partial charge in [0.1, 0.15) is 12.9 Å². The number of methoxy groups -OCH3 is 1. The number of rotatable bonds is 11. The van der Waals surface area contributed by atoms with Crippen LogP contribution in [-0.2, 0) is 14.2 Å². The third-order valence-electron chi connectivity index (χ3n) is 4.05. The highest BCUT2D eigenvalue weighted by Crippen LogP contribution is 2.31. The summed E-state index contributed by atoms with van der Waals surface area (Å²) in [6, 6.07) is 0. The third kappa shape index (κ3) is 6.21. The molecule has 1 rings (SSSR count). The summed E-state index contributed by atoms with van der Waals surface area (Å²) in [5.41, 5.74) is 2.65. The molecule has 3 atom stereocenters. The van der Waals surface area contributed by atoms with E-state index in [-0.39, 0.29) is 12.2 Å². The molecule has 0 amide bonds. The van der Waals surface area contributed by atoms with Crippen LogP contribution in [0, 0.1) is 5.92 Å². The van der Waals surface area contributed by atoms with Crippen LogP contribution < -0.4 is 5.32 Å². The number of unbranched alkanes of at least 4 members (excludes halogenated alkanes) is 1. The van der Waals surface area contributed by atoms with Crippen molar-refractivity contribution in [2.24, 2.45) is 5.92 Å². The second kappa shape index (κ2) is 10.9. The summed E-state index contributed by atoms with van der Waals surface area (Å²) >= 11 is 0. The van der Waals surface area contributed by atoms with Crippen LogP contribution in [0.15, 0.2) is 23.3 Å². The normalized spacial score (nSPS) is 21.2. The molecule has 0 aliphatic heterocycles. The third-order valence-corrected chi connectivity index (χ3v) is 4.05. The molecule has 0 heterocycles. The van der Waals surface area contributed by atoms with Crippen LogP contribution in [0.1, 0.15) is 46.5 Å². The first kappa shape index (κ1) is 19.4. The Morgan fingerprint density at radius 1 is 1.36 bits per heavy atom. The van der Waals surface area contributed by atoms with Gasteiger partial charge in [0.15, 0.2) is 0 Å². The van der Waals surface area contributed by atoms with Crippen LogP contribution in [-0.4, -0.2) is 39.9 Å². The van der Waals surface area contributed by atoms with Crippen LogP contribution in [0.25, 0.3) is 0 Å². The van der Waals surface area contributed by atoms with E-state index in [4.69, 9.17) is 14.2 Å². The lowest BCUT2D eigenvalue weighted by atomic mass is 9.85. The van der Waals surface area contributed by atoms with Crippen molar-refractivity contribution in [2.45, 2.75) is 58.7 Å². The molecule has 0 spiro atoms. The Labute approximate surface area is 135 Å². The molecule has 22 heavy (non-hydrogen) atoms. The van der Waals surface area contributed by atoms with Crippen molar-refractivity contribution < 1.29 is 14.2 Å². The molecule has 1 aliphatic carbocycles. The fraction of sp³-hybridized carbons (Fsp3) is 0.778. The molecule has 0 aromatic heterocycles. The van der Waals surface area contributed by atoms with Crippen molar-refractivity contribution in [1.29, 1.82) is 0 Å². The molecule has 0 aromatic rings. The van der Waals surface area contributed by atoms with E-state index in [1.807, 2.05) is 7.05 Å². The summed E-state index contributed by atoms with van der Waals surface area (Å²) in [6.45, 7) is 7.45. The zero-order chi connectivity index (χ0) is 16.4. The van der Waals surface area contributed by atoms with E-state index in [1.54, 1.807) is 7.11 Å². The van der Waals surface area contributed by atoms with Crippen molar-refractivity contribution in [1.82, 2.24) is 5.32 Å². The molecule has 1 N–H and O–H groups in total. The van der Waals surface area contributed by atoms with E-state index >= 15 is 0 Å². The molecule has 0 aromatic carbocycles. The molecule has 128 valence electrons. The van der Waals surface area contributed by atoms with Gasteiger partial charge in [-0.05, 0) is 43.9 Å². The van der Waals surface area contributed by atoms with Crippen LogP contribution in [0.5, 0.6) is 0 Å². The molecule has 0 fully saturated rings. The molecule has 0 bridgehead atoms. The van der Waals surface area contributed by atoms with E-state index in [9.17, 15) is 0 Å². The molecular weight excluding hydrogens is 278 g/mol. The fourth-order valence-electron chi connectivity index (χ4n) is 2.82. The molecule has 4 heteroatoms. The highest BCUT2D eigenvalue weighted by Gasteiger charge is 2.29. The fourth-order valence-corrected chi connectivity index (χ4v) is 2.82. The van der Waals surface area contributed by atoms with Gasteiger partial charge in [0.25, 0.3) is 0 Å². The van der Waals surface area contributed by atoms with Gasteiger partial charge in [-0.15, -0.1) is 0 Å². The Balaban J connectivity index is 2.92. The maximum Gasteiger partial charge on any atom is 0.147 e. The summed E-state index contributed by atoms with van der Waals surface area (Å²) in [6.07, 6.45) is 8.83. The van der Waals surface area contributed by atoms with E-state index in [0.717, 1.165) is 25.7 Å². The van der Waals surface area contributed by atoms with Crippen LogP contribution >= 0.6 is 0 Å². The monoisotopic (exact) mass is 311 g/mol. The molecule has 0 saturated carbocycles. The van der Waals surface area contributed by atoms with E-state index in [0.29, 0.717) is 19.4 Å². The second-order valence-corrected chi connectivity index (χ2v) is 6.09. The highest BCUT2D eigenvalue weighted by atomic mass is 16.7. The van der Waals surface area contributed by atoms with Gasteiger partial charge in [-0.1, -0.05) is 38.8 Å². The summed E-state index contributed by atoms with van der Waals surface area (Å²) in [7, 11) is 3.56. The standard InChI is InChI=1S/C18H33NO3/c1-6-7-8-17(21-12-19-4)18(22-13-20-5)16-11-14(2)9-10-15(16)3/h9-10,14,17-19H,6-8,11-13H2,1-5H3. The SMILES string of the molecule is CCCCC(OCNC)C(OCOC)C1=C(C)C=CC(C)C1. The predicted molar refractivity (Wildman–Crippen MR) is 90.7 cm³/mol. The molecule has 0 radical (unpaired) electrons. The van der Waals surface area contributed by atoms with E-state index < -0.39 is 0 Å². The number of nitrogens with one attached hydrogen (secondary N) is 1. The molecule has 0 saturated heterocycles. The second-order valence-electron chi connectivity index (χ2n) is 6.09. The maximum absolute atomic E-state index is 6.04. The van der Waals surface area contributed by atoms with E-state index in [2.05, 4.69) is 38.2 Å². The van der Waals surface area contributed by atoms with Gasteiger partial charge in [0.05, 0.1) is 12.8 Å². The number of hydrogen-bond donors (Lipinski definition) is 1. The topological polar surface area (TPSA) is 39.7 Å². The minimum Gasteiger partial charge on any atom is -0.360 e. The van der Waals surface area contributed by atoms with Crippen molar-refractivity contribution in [2.75, 3.05) is 27.7 Å². The smallest absolute Gasteiger partial charge is 0.147 e. The quantitative estimate of drug-likeness (QED) is 0.591. The molecule has 1 aliphatic rings. The Kier molecular flexibility index (Phi) is 9.64. The van der Waals surface area contributed by atoms with Gasteiger partial charge >= 0.3 is 0 Å². The minimum atomic E-state index is -0.0350. The zero-order valence-corrected chi connectivity index (χ0v) is 14.9. The Morgan fingerprint density at radius 3 is 2.77 bits per heavy atom. The Morgan fingerprint density at radius 2 is 2.14 bits per heavy atom. The zero-order valence-electron chi connectivity index (χ0n) is 14.9. The summed E-state index contributed by atoms with van der Waals surface area (Å²) in [5.74, 6) is 0.545. The van der Waals surface area contributed by atoms with Gasteiger partial charge in [0.2, 0.25) is 0 Å². The van der Waals surface area contributed by atoms with Gasteiger partial charge in [-0.2, -0.15) is 0 Å². The average Bonchev–Trinajstić information content (AvgIpc) is 2.52. The van der Waals surface area contributed by atoms with Gasteiger partial charge in [-0.3, -0.25) is 5.32 Å². The predicted octanol–water partition coefficient (Wildman–Crippen LogP) is 3.64. The summed E-state index contributed by atoms with van der Waals surface area (Å²) in [4.78, 5) is 0. The molecular formula is C18H33NO3. The first-order chi connectivity index (χ1) is 10.6. The van der Waals surface area contributed by atoms with Crippen LogP contribution in [0.4, 0.5) is 0 Å². The molecule has 4 nitrogen and oxygen atoms in total. The van der Waals surface area contributed by atoms with Crippen LogP contribution in [0.3, 0.4) is 0 Å². The highest BCUT2D eigenvalue weighted by molar-refractivity contribution is 5.32. The lowest BCUT2D eigenvalue weighted by Crippen LogP contribution is -2.37. The van der Waals surface area contributed by atoms with E-state index in [1.165, 1.54) is 11.1 Å². The van der Waals surface area contributed by atoms with Gasteiger partial charge in [-0.25, -0.2) is 0 Å². The Bertz CT molecular complexity index is 357. The first-order valence-corrected chi connectivity index (χ1v) is 8.38. The minimum absolute atomic E-state index is 0.0350. The van der Waals surface area contributed by atoms with Crippen molar-refractivity contribution in [3.63, 3.8) is 0 Å². The largest absolute Gasteiger partial charge is 0.360 e. The van der Waals surface area contributed by atoms with Gasteiger partial charge < -0.3 is 14.2 Å². The average molecular weight is 311 g/mol. The Hall–Kier alpha value is -0.680. The van der Waals surface area contributed by atoms with Crippen molar-refractivity contribution >= 4 is 0 Å². The first-order valence-electron chi connectivity index (χ1n) is 8.38. The summed E-state index contributed by atoms with van der Waals surface area (Å²) in [5, 5.41) is 3.07. The number of ether oxygens (including phenoxy) is 3. The lowest BCUT2D eigenvalue weighted by molar-refractivity contribution is -0.119. The molecule has 3 unspecified atom stereocenters. The lowest BCUT2D eigenvalue weighted by Gasteiger charge is -2.32. The number of hydrogen-bond acceptors (Lipinski definition) is 4.